The van der Waals surface area contributed by atoms with Crippen molar-refractivity contribution in [3.8, 4) is 17.9 Å². The zero-order valence-electron chi connectivity index (χ0n) is 7.42. The lowest BCUT2D eigenvalue weighted by Crippen LogP contribution is -1.85. The summed E-state index contributed by atoms with van der Waals surface area (Å²) >= 11 is 5.81. The molecule has 1 fully saturated rings. The van der Waals surface area contributed by atoms with E-state index >= 15 is 0 Å². The van der Waals surface area contributed by atoms with Crippen molar-refractivity contribution in [2.75, 3.05) is 0 Å². The Hall–Kier alpha value is -1.51. The highest BCUT2D eigenvalue weighted by molar-refractivity contribution is 6.31. The van der Waals surface area contributed by atoms with Gasteiger partial charge in [0, 0.05) is 17.7 Å². The summed E-state index contributed by atoms with van der Waals surface area (Å²) in [5, 5.41) is 8.97. The van der Waals surface area contributed by atoms with E-state index in [2.05, 4.69) is 16.8 Å². The second kappa shape index (κ2) is 3.70. The van der Waals surface area contributed by atoms with Crippen LogP contribution in [0.2, 0.25) is 5.02 Å². The predicted octanol–water partition coefficient (Wildman–Crippen LogP) is 2.37. The molecule has 14 heavy (non-hydrogen) atoms. The summed E-state index contributed by atoms with van der Waals surface area (Å²) < 4.78 is 0. The minimum atomic E-state index is 0.253. The first kappa shape index (κ1) is 9.06. The average molecular weight is 203 g/mol. The first-order chi connectivity index (χ1) is 6.79. The number of pyridine rings is 1. The van der Waals surface area contributed by atoms with Gasteiger partial charge in [-0.25, -0.2) is 4.98 Å². The fraction of sp³-hybridized carbons (Fsp3) is 0.273. The van der Waals surface area contributed by atoms with Crippen LogP contribution in [0.25, 0.3) is 0 Å². The van der Waals surface area contributed by atoms with Gasteiger partial charge in [0.05, 0.1) is 5.02 Å². The topological polar surface area (TPSA) is 36.7 Å². The van der Waals surface area contributed by atoms with Gasteiger partial charge in [-0.1, -0.05) is 23.4 Å². The van der Waals surface area contributed by atoms with Gasteiger partial charge in [0.15, 0.2) is 5.69 Å². The highest BCUT2D eigenvalue weighted by Crippen LogP contribution is 2.27. The Kier molecular flexibility index (Phi) is 2.39. The van der Waals surface area contributed by atoms with Crippen LogP contribution in [-0.2, 0) is 0 Å². The minimum Gasteiger partial charge on any atom is -0.243 e. The number of hydrogen-bond donors (Lipinski definition) is 0. The van der Waals surface area contributed by atoms with E-state index in [9.17, 15) is 0 Å². The van der Waals surface area contributed by atoms with E-state index in [1.807, 2.05) is 6.07 Å². The van der Waals surface area contributed by atoms with Crippen molar-refractivity contribution in [2.24, 2.45) is 5.92 Å². The molecule has 1 aromatic heterocycles. The van der Waals surface area contributed by atoms with Gasteiger partial charge in [-0.15, -0.1) is 0 Å². The van der Waals surface area contributed by atoms with Gasteiger partial charge >= 0.3 is 0 Å². The fourth-order valence-corrected chi connectivity index (χ4v) is 1.21. The molecule has 1 aromatic rings. The normalized spacial score (nSPS) is 14.0. The van der Waals surface area contributed by atoms with Crippen molar-refractivity contribution < 1.29 is 0 Å². The van der Waals surface area contributed by atoms with Crippen molar-refractivity contribution in [2.45, 2.75) is 12.8 Å². The van der Waals surface area contributed by atoms with E-state index in [0.717, 1.165) is 5.56 Å². The molecule has 2 rings (SSSR count). The second-order valence-corrected chi connectivity index (χ2v) is 3.62. The van der Waals surface area contributed by atoms with E-state index in [1.165, 1.54) is 12.8 Å². The van der Waals surface area contributed by atoms with E-state index in [1.54, 1.807) is 12.3 Å². The SMILES string of the molecule is N#Cc1ncc(C#CC2CC2)cc1Cl. The van der Waals surface area contributed by atoms with Crippen molar-refractivity contribution >= 4 is 11.6 Å². The zero-order chi connectivity index (χ0) is 9.97. The molecule has 1 saturated carbocycles. The second-order valence-electron chi connectivity index (χ2n) is 3.21. The van der Waals surface area contributed by atoms with E-state index in [4.69, 9.17) is 16.9 Å². The number of aromatic nitrogens is 1. The molecule has 0 saturated heterocycles. The quantitative estimate of drug-likeness (QED) is 0.606. The lowest BCUT2D eigenvalue weighted by molar-refractivity contribution is 1.18. The molecule has 68 valence electrons. The third-order valence-corrected chi connectivity index (χ3v) is 2.23. The van der Waals surface area contributed by atoms with Gasteiger partial charge in [0.1, 0.15) is 6.07 Å². The van der Waals surface area contributed by atoms with Crippen molar-refractivity contribution in [1.82, 2.24) is 4.98 Å². The first-order valence-corrected chi connectivity index (χ1v) is 4.74. The Morgan fingerprint density at radius 3 is 2.86 bits per heavy atom. The average Bonchev–Trinajstić information content (AvgIpc) is 2.98. The number of rotatable bonds is 0. The standard InChI is InChI=1S/C11H7ClN2/c12-10-5-9(4-3-8-1-2-8)7-14-11(10)6-13/h5,7-8H,1-2H2. The molecular formula is C11H7ClN2. The van der Waals surface area contributed by atoms with Crippen LogP contribution < -0.4 is 0 Å². The molecule has 0 aromatic carbocycles. The number of nitrogens with zero attached hydrogens (tertiary/aromatic N) is 2. The van der Waals surface area contributed by atoms with Crippen LogP contribution in [0, 0.1) is 29.1 Å². The summed E-state index contributed by atoms with van der Waals surface area (Å²) in [7, 11) is 0. The van der Waals surface area contributed by atoms with E-state index < -0.39 is 0 Å². The molecule has 0 atom stereocenters. The van der Waals surface area contributed by atoms with Gasteiger partial charge < -0.3 is 0 Å². The number of nitriles is 1. The summed E-state index contributed by atoms with van der Waals surface area (Å²) in [4.78, 5) is 3.90. The van der Waals surface area contributed by atoms with Crippen molar-refractivity contribution in [1.29, 1.82) is 5.26 Å². The molecule has 0 amide bonds. The fourth-order valence-electron chi connectivity index (χ4n) is 1.00. The third-order valence-electron chi connectivity index (χ3n) is 1.95. The van der Waals surface area contributed by atoms with Crippen molar-refractivity contribution in [3.63, 3.8) is 0 Å². The first-order valence-electron chi connectivity index (χ1n) is 4.37. The molecule has 0 spiro atoms. The van der Waals surface area contributed by atoms with Crippen LogP contribution >= 0.6 is 11.6 Å². The molecule has 1 aliphatic rings. The lowest BCUT2D eigenvalue weighted by atomic mass is 10.2. The highest BCUT2D eigenvalue weighted by Gasteiger charge is 2.17. The molecule has 0 radical (unpaired) electrons. The molecule has 0 bridgehead atoms. The Morgan fingerprint density at radius 1 is 1.50 bits per heavy atom. The Balaban J connectivity index is 2.25. The van der Waals surface area contributed by atoms with Gasteiger partial charge in [0.25, 0.3) is 0 Å². The minimum absolute atomic E-state index is 0.253. The van der Waals surface area contributed by atoms with Crippen LogP contribution in [-0.4, -0.2) is 4.98 Å². The van der Waals surface area contributed by atoms with Gasteiger partial charge in [-0.2, -0.15) is 5.26 Å². The van der Waals surface area contributed by atoms with Crippen LogP contribution in [0.5, 0.6) is 0 Å². The maximum atomic E-state index is 8.60. The van der Waals surface area contributed by atoms with Gasteiger partial charge in [-0.05, 0) is 18.9 Å². The third kappa shape index (κ3) is 2.05. The summed E-state index contributed by atoms with van der Waals surface area (Å²) in [5.74, 6) is 6.66. The van der Waals surface area contributed by atoms with E-state index in [0.29, 0.717) is 10.9 Å². The largest absolute Gasteiger partial charge is 0.243 e. The monoisotopic (exact) mass is 202 g/mol. The number of hydrogen-bond acceptors (Lipinski definition) is 2. The summed E-state index contributed by atoms with van der Waals surface area (Å²) in [6, 6.07) is 3.59. The zero-order valence-corrected chi connectivity index (χ0v) is 8.17. The Morgan fingerprint density at radius 2 is 2.29 bits per heavy atom. The summed E-state index contributed by atoms with van der Waals surface area (Å²) in [6.07, 6.45) is 3.98. The molecule has 2 nitrogen and oxygen atoms in total. The summed E-state index contributed by atoms with van der Waals surface area (Å²) in [5.41, 5.74) is 1.03. The molecule has 0 aliphatic heterocycles. The molecular weight excluding hydrogens is 196 g/mol. The molecule has 3 heteroatoms. The molecule has 0 N–H and O–H groups in total. The molecule has 0 unspecified atom stereocenters. The van der Waals surface area contributed by atoms with Gasteiger partial charge in [-0.3, -0.25) is 0 Å². The van der Waals surface area contributed by atoms with Crippen LogP contribution in [0.3, 0.4) is 0 Å². The molecule has 1 heterocycles. The maximum Gasteiger partial charge on any atom is 0.159 e. The van der Waals surface area contributed by atoms with E-state index in [-0.39, 0.29) is 5.69 Å². The highest BCUT2D eigenvalue weighted by atomic mass is 35.5. The maximum absolute atomic E-state index is 8.60. The van der Waals surface area contributed by atoms with Crippen LogP contribution in [0.15, 0.2) is 12.3 Å². The smallest absolute Gasteiger partial charge is 0.159 e. The van der Waals surface area contributed by atoms with Crippen LogP contribution in [0.4, 0.5) is 0 Å². The van der Waals surface area contributed by atoms with Gasteiger partial charge in [0.2, 0.25) is 0 Å². The number of halogens is 1. The van der Waals surface area contributed by atoms with Crippen LogP contribution in [0.1, 0.15) is 24.1 Å². The molecule has 1 aliphatic carbocycles. The lowest BCUT2D eigenvalue weighted by Gasteiger charge is -1.93. The Labute approximate surface area is 87.5 Å². The van der Waals surface area contributed by atoms with Crippen molar-refractivity contribution in [3.05, 3.63) is 28.5 Å². The Bertz CT molecular complexity index is 458. The summed E-state index contributed by atoms with van der Waals surface area (Å²) in [6.45, 7) is 0. The predicted molar refractivity (Wildman–Crippen MR) is 53.6 cm³/mol.